The van der Waals surface area contributed by atoms with Crippen molar-refractivity contribution in [1.82, 2.24) is 5.06 Å². The number of hydrogen-bond donors (Lipinski definition) is 2. The summed E-state index contributed by atoms with van der Waals surface area (Å²) < 4.78 is 0.865. The summed E-state index contributed by atoms with van der Waals surface area (Å²) in [6.45, 7) is 7.07. The molecule has 0 bridgehead atoms. The number of benzene rings is 1. The van der Waals surface area contributed by atoms with Crippen LogP contribution in [0.5, 0.6) is 0 Å². The number of anilines is 1. The minimum atomic E-state index is -1.30. The molecule has 1 unspecified atom stereocenters. The topological polar surface area (TPSA) is 73.9 Å². The predicted molar refractivity (Wildman–Crippen MR) is 101 cm³/mol. The largest absolute Gasteiger partial charge is 0.622 e. The van der Waals surface area contributed by atoms with Gasteiger partial charge in [0, 0.05) is 6.92 Å². The number of nitrogens with zero attached hydrogens (tertiary/aromatic N) is 3. The first kappa shape index (κ1) is 17.6. The van der Waals surface area contributed by atoms with Gasteiger partial charge in [-0.3, -0.25) is 5.43 Å². The molecule has 1 aromatic carbocycles. The lowest BCUT2D eigenvalue weighted by Crippen LogP contribution is -2.57. The Bertz CT molecular complexity index is 815. The van der Waals surface area contributed by atoms with Crippen LogP contribution in [0.15, 0.2) is 52.9 Å². The second-order valence-corrected chi connectivity index (χ2v) is 7.63. The van der Waals surface area contributed by atoms with Crippen LogP contribution in [-0.4, -0.2) is 37.6 Å². The van der Waals surface area contributed by atoms with Gasteiger partial charge in [-0.2, -0.15) is 9.84 Å². The van der Waals surface area contributed by atoms with Gasteiger partial charge < -0.3 is 10.4 Å². The van der Waals surface area contributed by atoms with Crippen LogP contribution in [0.2, 0.25) is 0 Å². The number of para-hydroxylation sites is 1. The van der Waals surface area contributed by atoms with Crippen LogP contribution in [0.25, 0.3) is 0 Å². The van der Waals surface area contributed by atoms with E-state index in [2.05, 4.69) is 10.5 Å². The highest BCUT2D eigenvalue weighted by molar-refractivity contribution is 7.12. The van der Waals surface area contributed by atoms with Gasteiger partial charge >= 0.3 is 0 Å². The van der Waals surface area contributed by atoms with E-state index in [1.165, 1.54) is 11.3 Å². The van der Waals surface area contributed by atoms with Gasteiger partial charge in [0.05, 0.1) is 10.6 Å². The van der Waals surface area contributed by atoms with Gasteiger partial charge in [-0.05, 0) is 44.4 Å². The van der Waals surface area contributed by atoms with Gasteiger partial charge in [0.1, 0.15) is 11.3 Å². The molecular formula is C18H22N4O2S. The van der Waals surface area contributed by atoms with E-state index in [0.29, 0.717) is 11.4 Å². The molecule has 0 radical (unpaired) electrons. The Balaban J connectivity index is 2.01. The normalized spacial score (nSPS) is 24.0. The van der Waals surface area contributed by atoms with Crippen molar-refractivity contribution in [1.29, 1.82) is 0 Å². The number of hydrazone groups is 1. The summed E-state index contributed by atoms with van der Waals surface area (Å²) in [5.74, 6) is 0. The maximum absolute atomic E-state index is 13.2. The molecule has 132 valence electrons. The Morgan fingerprint density at radius 3 is 2.48 bits per heavy atom. The van der Waals surface area contributed by atoms with Crippen molar-refractivity contribution in [3.05, 3.63) is 57.9 Å². The molecule has 0 aliphatic carbocycles. The van der Waals surface area contributed by atoms with Gasteiger partial charge in [0.25, 0.3) is 5.66 Å². The van der Waals surface area contributed by atoms with E-state index < -0.39 is 11.2 Å². The Labute approximate surface area is 151 Å². The SMILES string of the molecule is C/C(=N/Nc1ccccc1)C1(C)N(O)C(C)(C)C(c2cccs2)=[N+]1[O-]. The van der Waals surface area contributed by atoms with E-state index in [4.69, 9.17) is 0 Å². The molecule has 2 aromatic rings. The first-order valence-corrected chi connectivity index (χ1v) is 8.91. The van der Waals surface area contributed by atoms with Crippen molar-refractivity contribution in [2.75, 3.05) is 5.43 Å². The number of thiophene rings is 1. The maximum atomic E-state index is 13.2. The molecule has 2 heterocycles. The third-order valence-electron chi connectivity index (χ3n) is 4.69. The first-order chi connectivity index (χ1) is 11.8. The predicted octanol–water partition coefficient (Wildman–Crippen LogP) is 3.74. The van der Waals surface area contributed by atoms with E-state index in [1.54, 1.807) is 13.8 Å². The lowest BCUT2D eigenvalue weighted by atomic mass is 9.97. The fraction of sp³-hybridized carbons (Fsp3) is 0.333. The quantitative estimate of drug-likeness (QED) is 0.378. The lowest BCUT2D eigenvalue weighted by molar-refractivity contribution is -0.560. The minimum absolute atomic E-state index is 0.466. The van der Waals surface area contributed by atoms with Crippen LogP contribution in [0.4, 0.5) is 5.69 Å². The highest BCUT2D eigenvalue weighted by Crippen LogP contribution is 2.37. The molecule has 0 amide bonds. The zero-order valence-corrected chi connectivity index (χ0v) is 15.5. The van der Waals surface area contributed by atoms with Crippen LogP contribution >= 0.6 is 11.3 Å². The molecule has 1 aromatic heterocycles. The van der Waals surface area contributed by atoms with Gasteiger partial charge in [-0.25, -0.2) is 0 Å². The van der Waals surface area contributed by atoms with E-state index in [-0.39, 0.29) is 0 Å². The maximum Gasteiger partial charge on any atom is 0.289 e. The Morgan fingerprint density at radius 1 is 1.20 bits per heavy atom. The van der Waals surface area contributed by atoms with Crippen molar-refractivity contribution >= 4 is 28.4 Å². The summed E-state index contributed by atoms with van der Waals surface area (Å²) in [7, 11) is 0. The van der Waals surface area contributed by atoms with Gasteiger partial charge in [-0.1, -0.05) is 24.3 Å². The Kier molecular flexibility index (Phi) is 4.40. The van der Waals surface area contributed by atoms with E-state index in [9.17, 15) is 10.4 Å². The molecule has 2 N–H and O–H groups in total. The molecule has 25 heavy (non-hydrogen) atoms. The number of nitrogens with one attached hydrogen (secondary N) is 1. The average molecular weight is 358 g/mol. The van der Waals surface area contributed by atoms with Crippen molar-refractivity contribution in [2.45, 2.75) is 38.9 Å². The smallest absolute Gasteiger partial charge is 0.289 e. The highest BCUT2D eigenvalue weighted by atomic mass is 32.1. The van der Waals surface area contributed by atoms with Gasteiger partial charge in [-0.15, -0.1) is 16.4 Å². The zero-order chi connectivity index (χ0) is 18.2. The van der Waals surface area contributed by atoms with Crippen LogP contribution in [0, 0.1) is 5.21 Å². The van der Waals surface area contributed by atoms with E-state index >= 15 is 0 Å². The third-order valence-corrected chi connectivity index (χ3v) is 5.56. The molecule has 0 saturated heterocycles. The number of hydroxylamine groups is 3. The molecule has 1 atom stereocenters. The van der Waals surface area contributed by atoms with Crippen molar-refractivity contribution < 1.29 is 9.95 Å². The fourth-order valence-electron chi connectivity index (χ4n) is 3.08. The number of hydrogen-bond acceptors (Lipinski definition) is 6. The standard InChI is InChI=1S/C18H22N4O2S/c1-13(19-20-14-9-6-5-7-10-14)18(4)21(23)16(15-11-8-12-25-15)17(2,3)22(18)24/h5-12,20,24H,1-4H3/b19-13-. The van der Waals surface area contributed by atoms with Crippen molar-refractivity contribution in [2.24, 2.45) is 5.10 Å². The molecular weight excluding hydrogens is 336 g/mol. The third kappa shape index (κ3) is 2.74. The minimum Gasteiger partial charge on any atom is -0.622 e. The highest BCUT2D eigenvalue weighted by Gasteiger charge is 2.61. The first-order valence-electron chi connectivity index (χ1n) is 8.03. The summed E-state index contributed by atoms with van der Waals surface area (Å²) in [5, 5.41) is 31.4. The fourth-order valence-corrected chi connectivity index (χ4v) is 3.98. The zero-order valence-electron chi connectivity index (χ0n) is 14.7. The molecule has 1 aliphatic rings. The second kappa shape index (κ2) is 6.25. The number of rotatable bonds is 4. The summed E-state index contributed by atoms with van der Waals surface area (Å²) in [5.41, 5.74) is 2.61. The Morgan fingerprint density at radius 2 is 1.88 bits per heavy atom. The molecule has 7 heteroatoms. The van der Waals surface area contributed by atoms with Crippen LogP contribution in [0.1, 0.15) is 32.6 Å². The molecule has 6 nitrogen and oxygen atoms in total. The Hall–Kier alpha value is -2.22. The van der Waals surface area contributed by atoms with E-state index in [1.807, 2.05) is 61.7 Å². The van der Waals surface area contributed by atoms with Crippen molar-refractivity contribution in [3.8, 4) is 0 Å². The van der Waals surface area contributed by atoms with Crippen LogP contribution in [0.3, 0.4) is 0 Å². The second-order valence-electron chi connectivity index (χ2n) is 6.69. The van der Waals surface area contributed by atoms with E-state index in [0.717, 1.165) is 20.4 Å². The molecule has 0 saturated carbocycles. The molecule has 0 fully saturated rings. The summed E-state index contributed by atoms with van der Waals surface area (Å²) in [6.07, 6.45) is 0. The summed E-state index contributed by atoms with van der Waals surface area (Å²) in [4.78, 5) is 0.839. The molecule has 0 spiro atoms. The molecule has 1 aliphatic heterocycles. The summed E-state index contributed by atoms with van der Waals surface area (Å²) in [6, 6.07) is 13.3. The monoisotopic (exact) mass is 358 g/mol. The van der Waals surface area contributed by atoms with Gasteiger partial charge in [0.2, 0.25) is 5.71 Å². The van der Waals surface area contributed by atoms with Crippen LogP contribution < -0.4 is 5.43 Å². The van der Waals surface area contributed by atoms with Crippen molar-refractivity contribution in [3.63, 3.8) is 0 Å². The summed E-state index contributed by atoms with van der Waals surface area (Å²) >= 11 is 1.48. The average Bonchev–Trinajstić information content (AvgIpc) is 3.16. The van der Waals surface area contributed by atoms with Gasteiger partial charge in [0.15, 0.2) is 0 Å². The lowest BCUT2D eigenvalue weighted by Gasteiger charge is -2.32. The van der Waals surface area contributed by atoms with Crippen LogP contribution in [-0.2, 0) is 0 Å². The molecule has 3 rings (SSSR count).